The summed E-state index contributed by atoms with van der Waals surface area (Å²) in [6, 6.07) is 7.11. The topological polar surface area (TPSA) is 55.4 Å². The zero-order chi connectivity index (χ0) is 13.4. The van der Waals surface area contributed by atoms with Crippen LogP contribution in [0.15, 0.2) is 29.6 Å². The molecule has 0 bridgehead atoms. The lowest BCUT2D eigenvalue weighted by atomic mass is 10.0. The first-order valence-corrected chi connectivity index (χ1v) is 6.68. The van der Waals surface area contributed by atoms with Gasteiger partial charge in [0.15, 0.2) is 6.61 Å². The lowest BCUT2D eigenvalue weighted by Gasteiger charge is -2.19. The second-order valence-corrected chi connectivity index (χ2v) is 5.25. The number of carbonyl (C=O) groups excluding carboxylic acids is 2. The molecule has 1 aliphatic heterocycles. The van der Waals surface area contributed by atoms with Gasteiger partial charge >= 0.3 is 0 Å². The van der Waals surface area contributed by atoms with Crippen molar-refractivity contribution in [3.05, 3.63) is 45.6 Å². The number of ketones is 1. The maximum Gasteiger partial charge on any atom is 0.262 e. The molecule has 0 spiro atoms. The molecule has 1 aliphatic rings. The minimum absolute atomic E-state index is 0.0185. The molecule has 0 saturated carbocycles. The molecule has 2 aromatic rings. The predicted octanol–water partition coefficient (Wildman–Crippen LogP) is 2.62. The molecule has 1 aromatic carbocycles. The van der Waals surface area contributed by atoms with E-state index in [0.29, 0.717) is 21.9 Å². The minimum atomic E-state index is -0.203. The van der Waals surface area contributed by atoms with Crippen molar-refractivity contribution in [1.29, 1.82) is 0 Å². The molecular weight excluding hydrogens is 262 g/mol. The smallest absolute Gasteiger partial charge is 0.262 e. The number of ether oxygens (including phenoxy) is 1. The van der Waals surface area contributed by atoms with Gasteiger partial charge in [-0.3, -0.25) is 9.59 Å². The Labute approximate surface area is 114 Å². The van der Waals surface area contributed by atoms with Crippen LogP contribution in [0.4, 0.5) is 5.69 Å². The Morgan fingerprint density at radius 2 is 2.26 bits per heavy atom. The fraction of sp³-hybridized carbons (Fsp3) is 0.143. The van der Waals surface area contributed by atoms with Gasteiger partial charge in [0.25, 0.3) is 5.91 Å². The second kappa shape index (κ2) is 4.51. The number of hydrogen-bond acceptors (Lipinski definition) is 4. The second-order valence-electron chi connectivity index (χ2n) is 4.31. The van der Waals surface area contributed by atoms with Crippen LogP contribution in [-0.4, -0.2) is 18.3 Å². The first-order chi connectivity index (χ1) is 9.15. The summed E-state index contributed by atoms with van der Waals surface area (Å²) in [7, 11) is 0. The molecule has 0 unspecified atom stereocenters. The molecule has 1 amide bonds. The highest BCUT2D eigenvalue weighted by molar-refractivity contribution is 7.12. The molecule has 5 heteroatoms. The number of hydrogen-bond donors (Lipinski definition) is 1. The van der Waals surface area contributed by atoms with Crippen LogP contribution in [0.25, 0.3) is 0 Å². The summed E-state index contributed by atoms with van der Waals surface area (Å²) < 4.78 is 5.32. The average Bonchev–Trinajstić information content (AvgIpc) is 2.91. The third-order valence-corrected chi connectivity index (χ3v) is 3.82. The van der Waals surface area contributed by atoms with Crippen LogP contribution in [0.2, 0.25) is 0 Å². The zero-order valence-electron chi connectivity index (χ0n) is 10.2. The highest BCUT2D eigenvalue weighted by Crippen LogP contribution is 2.32. The van der Waals surface area contributed by atoms with E-state index in [4.69, 9.17) is 4.74 Å². The summed E-state index contributed by atoms with van der Waals surface area (Å²) in [5.74, 6) is 0.376. The SMILES string of the molecule is Cc1cc2c(cc1C(=O)c1cccs1)NC(=O)CO2. The van der Waals surface area contributed by atoms with Crippen molar-refractivity contribution in [3.8, 4) is 5.75 Å². The molecule has 0 radical (unpaired) electrons. The molecule has 96 valence electrons. The standard InChI is InChI=1S/C14H11NO3S/c1-8-5-11-10(15-13(16)7-18-11)6-9(8)14(17)12-3-2-4-19-12/h2-6H,7H2,1H3,(H,15,16). The first kappa shape index (κ1) is 11.9. The van der Waals surface area contributed by atoms with Crippen LogP contribution in [0, 0.1) is 6.92 Å². The van der Waals surface area contributed by atoms with E-state index in [-0.39, 0.29) is 18.3 Å². The van der Waals surface area contributed by atoms with Crippen LogP contribution in [0.3, 0.4) is 0 Å². The lowest BCUT2D eigenvalue weighted by Crippen LogP contribution is -2.25. The van der Waals surface area contributed by atoms with E-state index < -0.39 is 0 Å². The Morgan fingerprint density at radius 1 is 1.42 bits per heavy atom. The molecule has 19 heavy (non-hydrogen) atoms. The van der Waals surface area contributed by atoms with Crippen molar-refractivity contribution in [3.63, 3.8) is 0 Å². The highest BCUT2D eigenvalue weighted by Gasteiger charge is 2.20. The summed E-state index contributed by atoms with van der Waals surface area (Å²) in [6.45, 7) is 1.88. The van der Waals surface area contributed by atoms with Crippen molar-refractivity contribution >= 4 is 28.7 Å². The van der Waals surface area contributed by atoms with Crippen molar-refractivity contribution in [2.24, 2.45) is 0 Å². The molecule has 0 atom stereocenters. The van der Waals surface area contributed by atoms with Gasteiger partial charge in [-0.15, -0.1) is 11.3 Å². The normalized spacial score (nSPS) is 13.4. The number of nitrogens with one attached hydrogen (secondary N) is 1. The number of anilines is 1. The van der Waals surface area contributed by atoms with Gasteiger partial charge < -0.3 is 10.1 Å². The van der Waals surface area contributed by atoms with E-state index >= 15 is 0 Å². The van der Waals surface area contributed by atoms with Gasteiger partial charge in [-0.25, -0.2) is 0 Å². The molecular formula is C14H11NO3S. The number of rotatable bonds is 2. The number of aryl methyl sites for hydroxylation is 1. The Balaban J connectivity index is 2.05. The quantitative estimate of drug-likeness (QED) is 0.856. The molecule has 3 rings (SSSR count). The number of benzene rings is 1. The average molecular weight is 273 g/mol. The molecule has 0 aliphatic carbocycles. The van der Waals surface area contributed by atoms with Gasteiger partial charge in [0.2, 0.25) is 5.78 Å². The Hall–Kier alpha value is -2.14. The monoisotopic (exact) mass is 273 g/mol. The maximum absolute atomic E-state index is 12.4. The summed E-state index contributed by atoms with van der Waals surface area (Å²) >= 11 is 1.40. The Morgan fingerprint density at radius 3 is 3.00 bits per heavy atom. The third-order valence-electron chi connectivity index (χ3n) is 2.95. The summed E-state index contributed by atoms with van der Waals surface area (Å²) in [4.78, 5) is 24.3. The van der Waals surface area contributed by atoms with E-state index in [2.05, 4.69) is 5.32 Å². The van der Waals surface area contributed by atoms with E-state index in [0.717, 1.165) is 5.56 Å². The summed E-state index contributed by atoms with van der Waals surface area (Å²) in [5.41, 5.74) is 1.99. The van der Waals surface area contributed by atoms with Crippen molar-refractivity contribution in [1.82, 2.24) is 0 Å². The van der Waals surface area contributed by atoms with Gasteiger partial charge in [-0.05, 0) is 36.1 Å². The number of fused-ring (bicyclic) bond motifs is 1. The minimum Gasteiger partial charge on any atom is -0.482 e. The summed E-state index contributed by atoms with van der Waals surface area (Å²) in [6.07, 6.45) is 0. The van der Waals surface area contributed by atoms with Crippen LogP contribution in [-0.2, 0) is 4.79 Å². The third kappa shape index (κ3) is 2.13. The molecule has 0 fully saturated rings. The van der Waals surface area contributed by atoms with Crippen molar-refractivity contribution < 1.29 is 14.3 Å². The highest BCUT2D eigenvalue weighted by atomic mass is 32.1. The first-order valence-electron chi connectivity index (χ1n) is 5.80. The fourth-order valence-electron chi connectivity index (χ4n) is 2.01. The van der Waals surface area contributed by atoms with Gasteiger partial charge in [0.05, 0.1) is 10.6 Å². The molecule has 1 N–H and O–H groups in total. The van der Waals surface area contributed by atoms with Crippen LogP contribution < -0.4 is 10.1 Å². The molecule has 1 aromatic heterocycles. The van der Waals surface area contributed by atoms with E-state index in [1.165, 1.54) is 11.3 Å². The zero-order valence-corrected chi connectivity index (χ0v) is 11.0. The van der Waals surface area contributed by atoms with Gasteiger partial charge in [-0.2, -0.15) is 0 Å². The number of amides is 1. The molecule has 4 nitrogen and oxygen atoms in total. The largest absolute Gasteiger partial charge is 0.482 e. The Bertz CT molecular complexity index is 662. The van der Waals surface area contributed by atoms with E-state index in [1.54, 1.807) is 18.2 Å². The van der Waals surface area contributed by atoms with Gasteiger partial charge in [-0.1, -0.05) is 6.07 Å². The van der Waals surface area contributed by atoms with Gasteiger partial charge in [0.1, 0.15) is 5.75 Å². The van der Waals surface area contributed by atoms with Gasteiger partial charge in [0, 0.05) is 5.56 Å². The maximum atomic E-state index is 12.4. The van der Waals surface area contributed by atoms with Crippen LogP contribution >= 0.6 is 11.3 Å². The fourth-order valence-corrected chi connectivity index (χ4v) is 2.69. The van der Waals surface area contributed by atoms with Crippen LogP contribution in [0.1, 0.15) is 20.8 Å². The van der Waals surface area contributed by atoms with E-state index in [1.807, 2.05) is 18.4 Å². The Kier molecular flexibility index (Phi) is 2.83. The molecule has 2 heterocycles. The lowest BCUT2D eigenvalue weighted by molar-refractivity contribution is -0.118. The number of carbonyl (C=O) groups is 2. The van der Waals surface area contributed by atoms with Crippen molar-refractivity contribution in [2.75, 3.05) is 11.9 Å². The van der Waals surface area contributed by atoms with Crippen molar-refractivity contribution in [2.45, 2.75) is 6.92 Å². The van der Waals surface area contributed by atoms with E-state index in [9.17, 15) is 9.59 Å². The summed E-state index contributed by atoms with van der Waals surface area (Å²) in [5, 5.41) is 4.58. The molecule has 0 saturated heterocycles. The predicted molar refractivity (Wildman–Crippen MR) is 73.1 cm³/mol. The number of thiophene rings is 1. The van der Waals surface area contributed by atoms with Crippen LogP contribution in [0.5, 0.6) is 5.75 Å².